The number of aryl methyl sites for hydroxylation is 3. The molecule has 1 aliphatic heterocycles. The molecule has 9 heteroatoms. The monoisotopic (exact) mass is 710 g/mol. The van der Waals surface area contributed by atoms with Gasteiger partial charge in [0.05, 0.1) is 24.4 Å². The second-order valence-corrected chi connectivity index (χ2v) is 13.3. The first kappa shape index (κ1) is 36.8. The lowest BCUT2D eigenvalue weighted by molar-refractivity contribution is -0.127. The predicted molar refractivity (Wildman–Crippen MR) is 203 cm³/mol. The van der Waals surface area contributed by atoms with Crippen molar-refractivity contribution in [3.63, 3.8) is 0 Å². The van der Waals surface area contributed by atoms with Crippen molar-refractivity contribution in [2.24, 2.45) is 0 Å². The largest absolute Gasteiger partial charge is 0.493 e. The fourth-order valence-corrected chi connectivity index (χ4v) is 6.30. The Kier molecular flexibility index (Phi) is 12.1. The molecule has 6 rings (SSSR count). The molecule has 270 valence electrons. The molecule has 8 nitrogen and oxygen atoms in total. The van der Waals surface area contributed by atoms with E-state index in [1.54, 1.807) is 42.6 Å². The molecule has 0 spiro atoms. The molecular formula is C44H43FN4O4. The minimum atomic E-state index is -0.271. The van der Waals surface area contributed by atoms with Gasteiger partial charge in [-0.3, -0.25) is 9.69 Å². The Morgan fingerprint density at radius 1 is 0.830 bits per heavy atom. The number of benzene rings is 4. The molecule has 4 aromatic carbocycles. The highest BCUT2D eigenvalue weighted by atomic mass is 19.1. The number of halogens is 1. The summed E-state index contributed by atoms with van der Waals surface area (Å²) >= 11 is 0. The van der Waals surface area contributed by atoms with Crippen LogP contribution in [0.2, 0.25) is 0 Å². The van der Waals surface area contributed by atoms with Gasteiger partial charge in [-0.2, -0.15) is 5.26 Å². The van der Waals surface area contributed by atoms with Crippen LogP contribution in [0.1, 0.15) is 44.5 Å². The minimum absolute atomic E-state index is 0.00836. The van der Waals surface area contributed by atoms with Crippen LogP contribution in [0, 0.1) is 37.9 Å². The summed E-state index contributed by atoms with van der Waals surface area (Å²) in [4.78, 5) is 21.8. The molecule has 0 saturated carbocycles. The summed E-state index contributed by atoms with van der Waals surface area (Å²) in [5.41, 5.74) is 8.09. The van der Waals surface area contributed by atoms with Gasteiger partial charge in [0.1, 0.15) is 29.7 Å². The van der Waals surface area contributed by atoms with E-state index in [9.17, 15) is 9.18 Å². The van der Waals surface area contributed by atoms with Crippen molar-refractivity contribution in [1.82, 2.24) is 14.8 Å². The van der Waals surface area contributed by atoms with Crippen LogP contribution in [0.25, 0.3) is 6.08 Å². The van der Waals surface area contributed by atoms with Crippen LogP contribution >= 0.6 is 0 Å². The number of amides is 1. The number of ether oxygens (including phenoxy) is 3. The molecule has 0 atom stereocenters. The number of hydrogen-bond acceptors (Lipinski definition) is 7. The van der Waals surface area contributed by atoms with Gasteiger partial charge >= 0.3 is 0 Å². The molecular weight excluding hydrogens is 668 g/mol. The first-order valence-corrected chi connectivity index (χ1v) is 17.8. The number of pyridine rings is 1. The van der Waals surface area contributed by atoms with Crippen LogP contribution in [0.3, 0.4) is 0 Å². The number of piperazine rings is 1. The lowest BCUT2D eigenvalue weighted by Gasteiger charge is -2.34. The third-order valence-electron chi connectivity index (χ3n) is 9.26. The van der Waals surface area contributed by atoms with Gasteiger partial charge in [-0.1, -0.05) is 30.3 Å². The number of carbonyl (C=O) groups excluding carboxylic acids is 1. The standard InChI is InChI=1S/C44H43FN4O4/c1-31-24-37(8-10-38(31)18-23-51-40-13-11-39(45)12-14-40)29-48-19-21-49(22-20-48)43(50)17-9-36-25-32(2)44(33(3)26-36)53-42-16-15-41(28-47-42)52-30-35-6-4-34(27-46)5-7-35/h4-17,24-26,28H,18-23,29-30H2,1-3H3/b17-9+. The Labute approximate surface area is 310 Å². The lowest BCUT2D eigenvalue weighted by atomic mass is 10.0. The number of hydrogen-bond donors (Lipinski definition) is 0. The van der Waals surface area contributed by atoms with E-state index in [0.717, 1.165) is 54.1 Å². The number of nitriles is 1. The fraction of sp³-hybridized carbons (Fsp3) is 0.250. The normalized spacial score (nSPS) is 13.2. The molecule has 53 heavy (non-hydrogen) atoms. The van der Waals surface area contributed by atoms with E-state index in [1.165, 1.54) is 28.8 Å². The smallest absolute Gasteiger partial charge is 0.246 e. The molecule has 1 aromatic heterocycles. The maximum Gasteiger partial charge on any atom is 0.246 e. The number of rotatable bonds is 13. The van der Waals surface area contributed by atoms with Crippen molar-refractivity contribution < 1.29 is 23.4 Å². The molecule has 0 aliphatic carbocycles. The first-order valence-electron chi connectivity index (χ1n) is 17.8. The summed E-state index contributed by atoms with van der Waals surface area (Å²) < 4.78 is 30.9. The number of nitrogens with zero attached hydrogens (tertiary/aromatic N) is 4. The molecule has 1 fully saturated rings. The maximum absolute atomic E-state index is 13.1. The summed E-state index contributed by atoms with van der Waals surface area (Å²) in [5.74, 6) is 2.20. The summed E-state index contributed by atoms with van der Waals surface area (Å²) in [6.07, 6.45) is 5.93. The molecule has 0 radical (unpaired) electrons. The molecule has 0 unspecified atom stereocenters. The Bertz CT molecular complexity index is 2060. The zero-order valence-electron chi connectivity index (χ0n) is 30.3. The van der Waals surface area contributed by atoms with E-state index in [1.807, 2.05) is 55.2 Å². The van der Waals surface area contributed by atoms with E-state index in [0.29, 0.717) is 49.2 Å². The zero-order valence-corrected chi connectivity index (χ0v) is 30.3. The topological polar surface area (TPSA) is 87.9 Å². The second-order valence-electron chi connectivity index (χ2n) is 13.3. The third-order valence-corrected chi connectivity index (χ3v) is 9.26. The van der Waals surface area contributed by atoms with Gasteiger partial charge in [0.2, 0.25) is 11.8 Å². The van der Waals surface area contributed by atoms with Crippen molar-refractivity contribution in [1.29, 1.82) is 5.26 Å². The van der Waals surface area contributed by atoms with E-state index in [-0.39, 0.29) is 11.7 Å². The van der Waals surface area contributed by atoms with Crippen molar-refractivity contribution in [2.75, 3.05) is 32.8 Å². The number of aromatic nitrogens is 1. The maximum atomic E-state index is 13.1. The van der Waals surface area contributed by atoms with Crippen molar-refractivity contribution in [3.8, 4) is 29.2 Å². The van der Waals surface area contributed by atoms with Crippen LogP contribution in [0.15, 0.2) is 103 Å². The summed E-state index contributed by atoms with van der Waals surface area (Å²) in [6, 6.07) is 29.6. The second kappa shape index (κ2) is 17.5. The average molecular weight is 711 g/mol. The van der Waals surface area contributed by atoms with Gasteiger partial charge in [-0.25, -0.2) is 9.37 Å². The molecule has 0 bridgehead atoms. The van der Waals surface area contributed by atoms with Crippen molar-refractivity contribution in [3.05, 3.63) is 154 Å². The van der Waals surface area contributed by atoms with E-state index in [2.05, 4.69) is 41.1 Å². The number of carbonyl (C=O) groups is 1. The van der Waals surface area contributed by atoms with Gasteiger partial charge in [-0.15, -0.1) is 0 Å². The highest BCUT2D eigenvalue weighted by molar-refractivity contribution is 5.92. The minimum Gasteiger partial charge on any atom is -0.493 e. The average Bonchev–Trinajstić information content (AvgIpc) is 3.17. The van der Waals surface area contributed by atoms with Gasteiger partial charge in [0, 0.05) is 51.3 Å². The zero-order chi connectivity index (χ0) is 37.2. The Hall–Kier alpha value is -5.98. The Morgan fingerprint density at radius 3 is 2.19 bits per heavy atom. The van der Waals surface area contributed by atoms with Crippen LogP contribution < -0.4 is 14.2 Å². The highest BCUT2D eigenvalue weighted by Gasteiger charge is 2.20. The van der Waals surface area contributed by atoms with Gasteiger partial charge in [-0.05, 0) is 120 Å². The summed E-state index contributed by atoms with van der Waals surface area (Å²) in [5, 5.41) is 8.96. The summed E-state index contributed by atoms with van der Waals surface area (Å²) in [7, 11) is 0. The van der Waals surface area contributed by atoms with Crippen LogP contribution in [0.5, 0.6) is 23.1 Å². The quantitative estimate of drug-likeness (QED) is 0.114. The molecule has 1 saturated heterocycles. The van der Waals surface area contributed by atoms with Gasteiger partial charge < -0.3 is 19.1 Å². The van der Waals surface area contributed by atoms with Gasteiger partial charge in [0.25, 0.3) is 0 Å². The van der Waals surface area contributed by atoms with Gasteiger partial charge in [0.15, 0.2) is 0 Å². The predicted octanol–water partition coefficient (Wildman–Crippen LogP) is 8.37. The first-order chi connectivity index (χ1) is 25.7. The third kappa shape index (κ3) is 10.3. The Morgan fingerprint density at radius 2 is 1.53 bits per heavy atom. The summed E-state index contributed by atoms with van der Waals surface area (Å²) in [6.45, 7) is 10.8. The van der Waals surface area contributed by atoms with Crippen molar-refractivity contribution >= 4 is 12.0 Å². The lowest BCUT2D eigenvalue weighted by Crippen LogP contribution is -2.47. The van der Waals surface area contributed by atoms with E-state index in [4.69, 9.17) is 19.5 Å². The van der Waals surface area contributed by atoms with Crippen molar-refractivity contribution in [2.45, 2.75) is 40.3 Å². The SMILES string of the molecule is Cc1cc(CN2CCN(C(=O)/C=C/c3cc(C)c(Oc4ccc(OCc5ccc(C#N)cc5)cn4)c(C)c3)CC2)ccc1CCOc1ccc(F)cc1. The molecule has 2 heterocycles. The molecule has 5 aromatic rings. The molecule has 0 N–H and O–H groups in total. The van der Waals surface area contributed by atoms with Crippen LogP contribution in [0.4, 0.5) is 4.39 Å². The Balaban J connectivity index is 0.943. The van der Waals surface area contributed by atoms with Crippen LogP contribution in [-0.4, -0.2) is 53.5 Å². The highest BCUT2D eigenvalue weighted by Crippen LogP contribution is 2.30. The molecule has 1 amide bonds. The van der Waals surface area contributed by atoms with E-state index < -0.39 is 0 Å². The van der Waals surface area contributed by atoms with E-state index >= 15 is 0 Å². The fourth-order valence-electron chi connectivity index (χ4n) is 6.30. The van der Waals surface area contributed by atoms with Crippen LogP contribution in [-0.2, 0) is 24.4 Å². The molecule has 1 aliphatic rings.